The van der Waals surface area contributed by atoms with Gasteiger partial charge < -0.3 is 15.1 Å². The lowest BCUT2D eigenvalue weighted by Gasteiger charge is -2.37. The van der Waals surface area contributed by atoms with E-state index in [0.717, 1.165) is 19.6 Å². The summed E-state index contributed by atoms with van der Waals surface area (Å²) in [4.78, 5) is 11.4. The molecule has 4 nitrogen and oxygen atoms in total. The van der Waals surface area contributed by atoms with Crippen molar-refractivity contribution in [2.75, 3.05) is 38.6 Å². The van der Waals surface area contributed by atoms with Gasteiger partial charge in [0.1, 0.15) is 0 Å². The van der Waals surface area contributed by atoms with E-state index in [4.69, 9.17) is 4.98 Å². The first-order valence-electron chi connectivity index (χ1n) is 7.31. The fraction of sp³-hybridized carbons (Fsp3) is 0.786. The molecule has 3 rings (SSSR count). The number of hydrogen-bond acceptors (Lipinski definition) is 5. The van der Waals surface area contributed by atoms with Crippen molar-refractivity contribution >= 4 is 16.5 Å². The molecule has 1 N–H and O–H groups in total. The predicted molar refractivity (Wildman–Crippen MR) is 81.2 cm³/mol. The van der Waals surface area contributed by atoms with Crippen LogP contribution in [0.4, 0.5) is 5.13 Å². The van der Waals surface area contributed by atoms with Crippen LogP contribution in [0.3, 0.4) is 0 Å². The van der Waals surface area contributed by atoms with Crippen LogP contribution < -0.4 is 10.2 Å². The van der Waals surface area contributed by atoms with Gasteiger partial charge in [-0.3, -0.25) is 0 Å². The van der Waals surface area contributed by atoms with Crippen molar-refractivity contribution in [2.24, 2.45) is 0 Å². The lowest BCUT2D eigenvalue weighted by molar-refractivity contribution is 0.234. The highest BCUT2D eigenvalue weighted by Crippen LogP contribution is 2.37. The third-order valence-electron chi connectivity index (χ3n) is 4.52. The summed E-state index contributed by atoms with van der Waals surface area (Å²) in [7, 11) is 4.27. The number of thiazole rings is 1. The molecular weight excluding hydrogens is 256 g/mol. The molecule has 0 radical (unpaired) electrons. The molecule has 0 bridgehead atoms. The summed E-state index contributed by atoms with van der Waals surface area (Å²) in [5.74, 6) is 0. The molecule has 5 heteroatoms. The summed E-state index contributed by atoms with van der Waals surface area (Å²) in [6.45, 7) is 5.65. The minimum absolute atomic E-state index is 0.471. The van der Waals surface area contributed by atoms with E-state index in [-0.39, 0.29) is 0 Å². The van der Waals surface area contributed by atoms with Gasteiger partial charge in [0.05, 0.1) is 11.7 Å². The minimum atomic E-state index is 0.471. The first-order valence-corrected chi connectivity index (χ1v) is 8.12. The van der Waals surface area contributed by atoms with Crippen molar-refractivity contribution < 1.29 is 0 Å². The lowest BCUT2D eigenvalue weighted by Crippen LogP contribution is -2.50. The zero-order chi connectivity index (χ0) is 13.4. The van der Waals surface area contributed by atoms with Gasteiger partial charge in [-0.15, -0.1) is 11.3 Å². The normalized spacial score (nSPS) is 28.5. The number of anilines is 1. The highest BCUT2D eigenvalue weighted by molar-refractivity contribution is 7.15. The molecule has 0 saturated carbocycles. The van der Waals surface area contributed by atoms with Gasteiger partial charge in [-0.1, -0.05) is 0 Å². The average Bonchev–Trinajstić information content (AvgIpc) is 2.85. The number of rotatable bonds is 2. The summed E-state index contributed by atoms with van der Waals surface area (Å²) >= 11 is 1.92. The molecule has 2 aliphatic rings. The maximum Gasteiger partial charge on any atom is 0.185 e. The Bertz CT molecular complexity index is 445. The minimum Gasteiger partial charge on any atom is -0.345 e. The Morgan fingerprint density at radius 2 is 2.21 bits per heavy atom. The van der Waals surface area contributed by atoms with Crippen molar-refractivity contribution in [1.82, 2.24) is 15.2 Å². The standard InChI is InChI=1S/C14H24N4S/c1-10-9-18(8-7-17(10)3)14-16-13-11(15-2)5-4-6-12(13)19-14/h10-11,15H,4-9H2,1-3H3. The van der Waals surface area contributed by atoms with E-state index >= 15 is 0 Å². The number of hydrogen-bond donors (Lipinski definition) is 1. The Labute approximate surface area is 119 Å². The molecule has 1 aromatic heterocycles. The van der Waals surface area contributed by atoms with Crippen molar-refractivity contribution in [1.29, 1.82) is 0 Å². The smallest absolute Gasteiger partial charge is 0.185 e. The second-order valence-electron chi connectivity index (χ2n) is 5.81. The number of nitrogens with one attached hydrogen (secondary N) is 1. The van der Waals surface area contributed by atoms with Crippen LogP contribution in [-0.2, 0) is 6.42 Å². The van der Waals surface area contributed by atoms with Crippen molar-refractivity contribution in [3.05, 3.63) is 10.6 Å². The topological polar surface area (TPSA) is 31.4 Å². The fourth-order valence-electron chi connectivity index (χ4n) is 3.04. The molecule has 2 atom stereocenters. The van der Waals surface area contributed by atoms with Gasteiger partial charge in [-0.2, -0.15) is 0 Å². The van der Waals surface area contributed by atoms with Gasteiger partial charge in [0, 0.05) is 30.6 Å². The molecule has 1 fully saturated rings. The van der Waals surface area contributed by atoms with E-state index in [1.165, 1.54) is 35.0 Å². The van der Waals surface area contributed by atoms with E-state index in [1.54, 1.807) is 0 Å². The van der Waals surface area contributed by atoms with Crippen LogP contribution in [0.2, 0.25) is 0 Å². The predicted octanol–water partition coefficient (Wildman–Crippen LogP) is 1.88. The number of fused-ring (bicyclic) bond motifs is 1. The van der Waals surface area contributed by atoms with Gasteiger partial charge in [-0.25, -0.2) is 4.98 Å². The third-order valence-corrected chi connectivity index (χ3v) is 5.71. The van der Waals surface area contributed by atoms with Crippen molar-refractivity contribution in [2.45, 2.75) is 38.3 Å². The monoisotopic (exact) mass is 280 g/mol. The quantitative estimate of drug-likeness (QED) is 0.896. The van der Waals surface area contributed by atoms with E-state index in [2.05, 4.69) is 36.1 Å². The maximum atomic E-state index is 4.95. The van der Waals surface area contributed by atoms with E-state index < -0.39 is 0 Å². The van der Waals surface area contributed by atoms with Crippen LogP contribution in [0, 0.1) is 0 Å². The van der Waals surface area contributed by atoms with Crippen molar-refractivity contribution in [3.63, 3.8) is 0 Å². The molecule has 19 heavy (non-hydrogen) atoms. The Morgan fingerprint density at radius 3 is 2.95 bits per heavy atom. The second-order valence-corrected chi connectivity index (χ2v) is 6.88. The molecule has 0 spiro atoms. The third kappa shape index (κ3) is 2.51. The molecule has 2 heterocycles. The Balaban J connectivity index is 1.81. The molecule has 106 valence electrons. The van der Waals surface area contributed by atoms with E-state index in [0.29, 0.717) is 12.1 Å². The SMILES string of the molecule is CNC1CCCc2sc(N3CCN(C)C(C)C3)nc21. The zero-order valence-electron chi connectivity index (χ0n) is 12.1. The number of piperazine rings is 1. The molecular formula is C14H24N4S. The van der Waals surface area contributed by atoms with Gasteiger partial charge >= 0.3 is 0 Å². The van der Waals surface area contributed by atoms with Gasteiger partial charge in [-0.05, 0) is 40.3 Å². The fourth-order valence-corrected chi connectivity index (χ4v) is 4.24. The Morgan fingerprint density at radius 1 is 1.37 bits per heavy atom. The molecule has 0 aromatic carbocycles. The van der Waals surface area contributed by atoms with Crippen LogP contribution in [0.25, 0.3) is 0 Å². The first kappa shape index (κ1) is 13.3. The summed E-state index contributed by atoms with van der Waals surface area (Å²) in [6.07, 6.45) is 3.74. The van der Waals surface area contributed by atoms with E-state index in [9.17, 15) is 0 Å². The number of aromatic nitrogens is 1. The molecule has 1 aliphatic carbocycles. The largest absolute Gasteiger partial charge is 0.345 e. The average molecular weight is 280 g/mol. The molecule has 0 amide bonds. The van der Waals surface area contributed by atoms with Gasteiger partial charge in [0.25, 0.3) is 0 Å². The Kier molecular flexibility index (Phi) is 3.78. The zero-order valence-corrected chi connectivity index (χ0v) is 13.0. The Hall–Kier alpha value is -0.650. The summed E-state index contributed by atoms with van der Waals surface area (Å²) in [5, 5.41) is 4.65. The summed E-state index contributed by atoms with van der Waals surface area (Å²) in [5.41, 5.74) is 1.32. The maximum absolute atomic E-state index is 4.95. The lowest BCUT2D eigenvalue weighted by atomic mass is 9.98. The molecule has 1 aromatic rings. The van der Waals surface area contributed by atoms with Crippen LogP contribution in [0.5, 0.6) is 0 Å². The first-order chi connectivity index (χ1) is 9.19. The number of nitrogens with zero attached hydrogens (tertiary/aromatic N) is 3. The highest BCUT2D eigenvalue weighted by atomic mass is 32.1. The summed E-state index contributed by atoms with van der Waals surface area (Å²) in [6, 6.07) is 1.09. The molecule has 1 aliphatic heterocycles. The van der Waals surface area contributed by atoms with Crippen LogP contribution in [0.1, 0.15) is 36.4 Å². The summed E-state index contributed by atoms with van der Waals surface area (Å²) < 4.78 is 0. The van der Waals surface area contributed by atoms with E-state index in [1.807, 2.05) is 11.3 Å². The second kappa shape index (κ2) is 5.38. The highest BCUT2D eigenvalue weighted by Gasteiger charge is 2.27. The number of aryl methyl sites for hydroxylation is 1. The molecule has 2 unspecified atom stereocenters. The van der Waals surface area contributed by atoms with Crippen LogP contribution >= 0.6 is 11.3 Å². The van der Waals surface area contributed by atoms with Gasteiger partial charge in [0.2, 0.25) is 0 Å². The van der Waals surface area contributed by atoms with Gasteiger partial charge in [0.15, 0.2) is 5.13 Å². The molecule has 1 saturated heterocycles. The van der Waals surface area contributed by atoms with Crippen LogP contribution in [-0.4, -0.2) is 49.7 Å². The van der Waals surface area contributed by atoms with Crippen molar-refractivity contribution in [3.8, 4) is 0 Å². The number of likely N-dealkylation sites (N-methyl/N-ethyl adjacent to an activating group) is 1. The van der Waals surface area contributed by atoms with Crippen LogP contribution in [0.15, 0.2) is 0 Å².